The summed E-state index contributed by atoms with van der Waals surface area (Å²) in [6.07, 6.45) is 5.93. The van der Waals surface area contributed by atoms with Crippen molar-refractivity contribution in [2.75, 3.05) is 24.5 Å². The summed E-state index contributed by atoms with van der Waals surface area (Å²) in [4.78, 5) is 6.88. The van der Waals surface area contributed by atoms with Gasteiger partial charge in [0.2, 0.25) is 0 Å². The molecule has 1 saturated heterocycles. The Balaban J connectivity index is 1.47. The summed E-state index contributed by atoms with van der Waals surface area (Å²) >= 11 is 0. The van der Waals surface area contributed by atoms with Gasteiger partial charge in [0.05, 0.1) is 0 Å². The Labute approximate surface area is 150 Å². The second-order valence-corrected chi connectivity index (χ2v) is 7.24. The van der Waals surface area contributed by atoms with Gasteiger partial charge in [-0.05, 0) is 56.7 Å². The SMILES string of the molecule is CCCC1CC1NC(=NCC)NC1CCN(c2cccc(F)c2)CC1. The molecule has 1 aliphatic heterocycles. The lowest BCUT2D eigenvalue weighted by Gasteiger charge is -2.34. The van der Waals surface area contributed by atoms with E-state index in [1.165, 1.54) is 25.3 Å². The van der Waals surface area contributed by atoms with E-state index in [4.69, 9.17) is 0 Å². The third-order valence-corrected chi connectivity index (χ3v) is 5.23. The fourth-order valence-electron chi connectivity index (χ4n) is 3.73. The molecule has 0 amide bonds. The minimum Gasteiger partial charge on any atom is -0.371 e. The van der Waals surface area contributed by atoms with Crippen molar-refractivity contribution in [3.63, 3.8) is 0 Å². The molecule has 2 N–H and O–H groups in total. The summed E-state index contributed by atoms with van der Waals surface area (Å²) in [5.74, 6) is 1.63. The molecular weight excluding hydrogens is 315 g/mol. The van der Waals surface area contributed by atoms with Gasteiger partial charge in [0.15, 0.2) is 5.96 Å². The largest absolute Gasteiger partial charge is 0.371 e. The van der Waals surface area contributed by atoms with Crippen LogP contribution in [0.4, 0.5) is 10.1 Å². The van der Waals surface area contributed by atoms with E-state index < -0.39 is 0 Å². The number of aliphatic imine (C=N–C) groups is 1. The molecule has 1 heterocycles. The maximum Gasteiger partial charge on any atom is 0.191 e. The second kappa shape index (κ2) is 8.54. The number of hydrogen-bond acceptors (Lipinski definition) is 2. The molecule has 3 rings (SSSR count). The Bertz CT molecular complexity index is 581. The molecule has 1 saturated carbocycles. The van der Waals surface area contributed by atoms with E-state index in [2.05, 4.69) is 34.4 Å². The predicted molar refractivity (Wildman–Crippen MR) is 103 cm³/mol. The summed E-state index contributed by atoms with van der Waals surface area (Å²) in [5.41, 5.74) is 0.986. The first-order valence-electron chi connectivity index (χ1n) is 9.77. The monoisotopic (exact) mass is 346 g/mol. The molecule has 1 aliphatic carbocycles. The van der Waals surface area contributed by atoms with Crippen molar-refractivity contribution in [1.29, 1.82) is 0 Å². The molecule has 1 aromatic carbocycles. The first kappa shape index (κ1) is 18.0. The molecule has 1 aromatic rings. The number of nitrogens with one attached hydrogen (secondary N) is 2. The average Bonchev–Trinajstić information content (AvgIpc) is 3.33. The van der Waals surface area contributed by atoms with Crippen molar-refractivity contribution in [2.24, 2.45) is 10.9 Å². The van der Waals surface area contributed by atoms with Crippen molar-refractivity contribution >= 4 is 11.6 Å². The van der Waals surface area contributed by atoms with Gasteiger partial charge in [-0.1, -0.05) is 19.4 Å². The number of rotatable bonds is 6. The van der Waals surface area contributed by atoms with Gasteiger partial charge in [-0.25, -0.2) is 4.39 Å². The molecule has 0 aromatic heterocycles. The maximum absolute atomic E-state index is 13.4. The normalized spacial score (nSPS) is 24.3. The van der Waals surface area contributed by atoms with Gasteiger partial charge in [-0.15, -0.1) is 0 Å². The van der Waals surface area contributed by atoms with Crippen LogP contribution >= 0.6 is 0 Å². The molecule has 0 spiro atoms. The first-order valence-corrected chi connectivity index (χ1v) is 9.77. The van der Waals surface area contributed by atoms with E-state index in [9.17, 15) is 4.39 Å². The Morgan fingerprint density at radius 3 is 2.72 bits per heavy atom. The summed E-state index contributed by atoms with van der Waals surface area (Å²) < 4.78 is 13.4. The third-order valence-electron chi connectivity index (χ3n) is 5.23. The zero-order valence-corrected chi connectivity index (χ0v) is 15.5. The molecular formula is C20H31FN4. The van der Waals surface area contributed by atoms with Crippen LogP contribution in [0.15, 0.2) is 29.3 Å². The molecule has 138 valence electrons. The minimum atomic E-state index is -0.162. The van der Waals surface area contributed by atoms with Crippen LogP contribution < -0.4 is 15.5 Å². The van der Waals surface area contributed by atoms with Gasteiger partial charge >= 0.3 is 0 Å². The van der Waals surface area contributed by atoms with E-state index in [0.29, 0.717) is 12.1 Å². The highest BCUT2D eigenvalue weighted by molar-refractivity contribution is 5.80. The lowest BCUT2D eigenvalue weighted by atomic mass is 10.0. The zero-order valence-electron chi connectivity index (χ0n) is 15.5. The smallest absolute Gasteiger partial charge is 0.191 e. The number of nitrogens with zero attached hydrogens (tertiary/aromatic N) is 2. The fraction of sp³-hybridized carbons (Fsp3) is 0.650. The highest BCUT2D eigenvalue weighted by atomic mass is 19.1. The minimum absolute atomic E-state index is 0.162. The topological polar surface area (TPSA) is 39.7 Å². The van der Waals surface area contributed by atoms with Gasteiger partial charge in [0, 0.05) is 37.4 Å². The van der Waals surface area contributed by atoms with Gasteiger partial charge in [-0.2, -0.15) is 0 Å². The molecule has 2 fully saturated rings. The number of hydrogen-bond donors (Lipinski definition) is 2. The lowest BCUT2D eigenvalue weighted by Crippen LogP contribution is -2.49. The Kier molecular flexibility index (Phi) is 6.16. The standard InChI is InChI=1S/C20H31FN4/c1-3-6-15-13-19(15)24-20(22-4-2)23-17-9-11-25(12-10-17)18-8-5-7-16(21)14-18/h5,7-8,14-15,17,19H,3-4,6,9-13H2,1-2H3,(H2,22,23,24). The third kappa shape index (κ3) is 5.10. The molecule has 2 unspecified atom stereocenters. The van der Waals surface area contributed by atoms with Crippen LogP contribution in [0.25, 0.3) is 0 Å². The number of benzene rings is 1. The Morgan fingerprint density at radius 2 is 2.04 bits per heavy atom. The quantitative estimate of drug-likeness (QED) is 0.611. The van der Waals surface area contributed by atoms with Crippen LogP contribution in [0, 0.1) is 11.7 Å². The molecule has 0 bridgehead atoms. The van der Waals surface area contributed by atoms with Crippen molar-refractivity contribution < 1.29 is 4.39 Å². The zero-order chi connectivity index (χ0) is 17.6. The number of guanidine groups is 1. The van der Waals surface area contributed by atoms with Crippen LogP contribution in [0.1, 0.15) is 46.0 Å². The van der Waals surface area contributed by atoms with E-state index in [-0.39, 0.29) is 5.82 Å². The summed E-state index contributed by atoms with van der Waals surface area (Å²) in [5, 5.41) is 7.21. The number of piperidine rings is 1. The van der Waals surface area contributed by atoms with Crippen LogP contribution in [0.2, 0.25) is 0 Å². The maximum atomic E-state index is 13.4. The van der Waals surface area contributed by atoms with Gasteiger partial charge in [0.25, 0.3) is 0 Å². The van der Waals surface area contributed by atoms with E-state index in [1.54, 1.807) is 12.1 Å². The van der Waals surface area contributed by atoms with Crippen LogP contribution in [0.3, 0.4) is 0 Å². The molecule has 5 heteroatoms. The fourth-order valence-corrected chi connectivity index (χ4v) is 3.73. The molecule has 4 nitrogen and oxygen atoms in total. The molecule has 0 radical (unpaired) electrons. The molecule has 2 atom stereocenters. The van der Waals surface area contributed by atoms with E-state index in [0.717, 1.165) is 50.0 Å². The lowest BCUT2D eigenvalue weighted by molar-refractivity contribution is 0.460. The molecule has 25 heavy (non-hydrogen) atoms. The first-order chi connectivity index (χ1) is 12.2. The summed E-state index contributed by atoms with van der Waals surface area (Å²) in [6, 6.07) is 7.94. The second-order valence-electron chi connectivity index (χ2n) is 7.24. The van der Waals surface area contributed by atoms with Gasteiger partial charge < -0.3 is 15.5 Å². The van der Waals surface area contributed by atoms with Crippen molar-refractivity contribution in [3.05, 3.63) is 30.1 Å². The average molecular weight is 346 g/mol. The highest BCUT2D eigenvalue weighted by Crippen LogP contribution is 2.34. The summed E-state index contributed by atoms with van der Waals surface area (Å²) in [7, 11) is 0. The van der Waals surface area contributed by atoms with Crippen LogP contribution in [0.5, 0.6) is 0 Å². The van der Waals surface area contributed by atoms with Crippen LogP contribution in [-0.2, 0) is 0 Å². The highest BCUT2D eigenvalue weighted by Gasteiger charge is 2.36. The Hall–Kier alpha value is -1.78. The van der Waals surface area contributed by atoms with Crippen molar-refractivity contribution in [3.8, 4) is 0 Å². The number of anilines is 1. The Morgan fingerprint density at radius 1 is 1.24 bits per heavy atom. The van der Waals surface area contributed by atoms with Gasteiger partial charge in [0.1, 0.15) is 5.82 Å². The van der Waals surface area contributed by atoms with E-state index in [1.807, 2.05) is 6.07 Å². The van der Waals surface area contributed by atoms with Crippen molar-refractivity contribution in [2.45, 2.75) is 58.0 Å². The van der Waals surface area contributed by atoms with E-state index >= 15 is 0 Å². The number of halogens is 1. The van der Waals surface area contributed by atoms with Crippen LogP contribution in [-0.4, -0.2) is 37.7 Å². The summed E-state index contributed by atoms with van der Waals surface area (Å²) in [6.45, 7) is 7.01. The van der Waals surface area contributed by atoms with Crippen molar-refractivity contribution in [1.82, 2.24) is 10.6 Å². The van der Waals surface area contributed by atoms with Gasteiger partial charge in [-0.3, -0.25) is 4.99 Å². The predicted octanol–water partition coefficient (Wildman–Crippen LogP) is 3.54. The molecule has 2 aliphatic rings.